The Labute approximate surface area is 138 Å². The molecule has 0 bridgehead atoms. The lowest BCUT2D eigenvalue weighted by Gasteiger charge is -2.07. The van der Waals surface area contributed by atoms with Gasteiger partial charge in [-0.25, -0.2) is 14.4 Å². The topological polar surface area (TPSA) is 66.9 Å². The SMILES string of the molecule is Cc1ccc(Nc2nccc(C(=O)Nc3ccc(F)cc3)n2)cc1. The van der Waals surface area contributed by atoms with Gasteiger partial charge in [0.15, 0.2) is 0 Å². The Balaban J connectivity index is 1.73. The van der Waals surface area contributed by atoms with Crippen molar-refractivity contribution in [3.05, 3.63) is 77.9 Å². The van der Waals surface area contributed by atoms with Gasteiger partial charge in [-0.15, -0.1) is 0 Å². The van der Waals surface area contributed by atoms with Crippen molar-refractivity contribution in [2.24, 2.45) is 0 Å². The first-order valence-electron chi connectivity index (χ1n) is 7.34. The van der Waals surface area contributed by atoms with Crippen LogP contribution in [0.2, 0.25) is 0 Å². The lowest BCUT2D eigenvalue weighted by molar-refractivity contribution is 0.102. The van der Waals surface area contributed by atoms with Crippen molar-refractivity contribution in [1.82, 2.24) is 9.97 Å². The molecule has 0 atom stereocenters. The van der Waals surface area contributed by atoms with Crippen LogP contribution in [0.1, 0.15) is 16.1 Å². The smallest absolute Gasteiger partial charge is 0.274 e. The first-order chi connectivity index (χ1) is 11.6. The van der Waals surface area contributed by atoms with Crippen LogP contribution in [-0.2, 0) is 0 Å². The van der Waals surface area contributed by atoms with Crippen molar-refractivity contribution in [1.29, 1.82) is 0 Å². The summed E-state index contributed by atoms with van der Waals surface area (Å²) in [7, 11) is 0. The summed E-state index contributed by atoms with van der Waals surface area (Å²) in [6.07, 6.45) is 1.50. The maximum atomic E-state index is 12.9. The molecule has 0 unspecified atom stereocenters. The quantitative estimate of drug-likeness (QED) is 0.764. The van der Waals surface area contributed by atoms with Crippen molar-refractivity contribution in [2.75, 3.05) is 10.6 Å². The first kappa shape index (κ1) is 15.6. The van der Waals surface area contributed by atoms with Crippen LogP contribution in [0.5, 0.6) is 0 Å². The molecule has 0 fully saturated rings. The van der Waals surface area contributed by atoms with Crippen LogP contribution < -0.4 is 10.6 Å². The van der Waals surface area contributed by atoms with E-state index in [0.717, 1.165) is 11.3 Å². The van der Waals surface area contributed by atoms with Gasteiger partial charge >= 0.3 is 0 Å². The third-order valence-electron chi connectivity index (χ3n) is 3.30. The molecular weight excluding hydrogens is 307 g/mol. The monoisotopic (exact) mass is 322 g/mol. The van der Waals surface area contributed by atoms with Crippen molar-refractivity contribution < 1.29 is 9.18 Å². The molecule has 5 nitrogen and oxygen atoms in total. The van der Waals surface area contributed by atoms with E-state index < -0.39 is 5.91 Å². The van der Waals surface area contributed by atoms with E-state index in [2.05, 4.69) is 20.6 Å². The number of carbonyl (C=O) groups excluding carboxylic acids is 1. The third-order valence-corrected chi connectivity index (χ3v) is 3.30. The van der Waals surface area contributed by atoms with Crippen molar-refractivity contribution in [3.8, 4) is 0 Å². The Kier molecular flexibility index (Phi) is 4.47. The zero-order chi connectivity index (χ0) is 16.9. The van der Waals surface area contributed by atoms with Crippen LogP contribution in [0.25, 0.3) is 0 Å². The number of aryl methyl sites for hydroxylation is 1. The lowest BCUT2D eigenvalue weighted by Crippen LogP contribution is -2.14. The molecule has 0 aliphatic heterocycles. The van der Waals surface area contributed by atoms with Gasteiger partial charge in [0.25, 0.3) is 5.91 Å². The number of rotatable bonds is 4. The highest BCUT2D eigenvalue weighted by Crippen LogP contribution is 2.14. The van der Waals surface area contributed by atoms with Gasteiger partial charge in [0.05, 0.1) is 0 Å². The number of nitrogens with zero attached hydrogens (tertiary/aromatic N) is 2. The summed E-state index contributed by atoms with van der Waals surface area (Å²) >= 11 is 0. The molecule has 6 heteroatoms. The van der Waals surface area contributed by atoms with Crippen molar-refractivity contribution in [3.63, 3.8) is 0 Å². The molecule has 1 heterocycles. The van der Waals surface area contributed by atoms with E-state index in [4.69, 9.17) is 0 Å². The van der Waals surface area contributed by atoms with Gasteiger partial charge in [0.1, 0.15) is 11.5 Å². The largest absolute Gasteiger partial charge is 0.324 e. The summed E-state index contributed by atoms with van der Waals surface area (Å²) in [6, 6.07) is 14.8. The molecule has 0 aliphatic rings. The van der Waals surface area contributed by atoms with Gasteiger partial charge in [0, 0.05) is 17.6 Å². The summed E-state index contributed by atoms with van der Waals surface area (Å²) in [5.74, 6) is -0.429. The summed E-state index contributed by atoms with van der Waals surface area (Å²) in [6.45, 7) is 2.00. The van der Waals surface area contributed by atoms with Gasteiger partial charge in [-0.3, -0.25) is 4.79 Å². The normalized spacial score (nSPS) is 10.2. The molecule has 2 aromatic carbocycles. The Morgan fingerprint density at radius 3 is 2.33 bits per heavy atom. The van der Waals surface area contributed by atoms with Gasteiger partial charge in [-0.1, -0.05) is 17.7 Å². The molecule has 120 valence electrons. The summed E-state index contributed by atoms with van der Waals surface area (Å²) in [4.78, 5) is 20.5. The van der Waals surface area contributed by atoms with E-state index in [-0.39, 0.29) is 11.5 Å². The number of carbonyl (C=O) groups is 1. The number of hydrogen-bond donors (Lipinski definition) is 2. The Bertz CT molecular complexity index is 848. The van der Waals surface area contributed by atoms with Gasteiger partial charge < -0.3 is 10.6 Å². The van der Waals surface area contributed by atoms with Gasteiger partial charge in [-0.05, 0) is 49.4 Å². The number of amides is 1. The van der Waals surface area contributed by atoms with Crippen LogP contribution in [0, 0.1) is 12.7 Å². The summed E-state index contributed by atoms with van der Waals surface area (Å²) in [5, 5.41) is 5.71. The molecule has 24 heavy (non-hydrogen) atoms. The first-order valence-corrected chi connectivity index (χ1v) is 7.34. The number of aromatic nitrogens is 2. The molecule has 0 spiro atoms. The predicted octanol–water partition coefficient (Wildman–Crippen LogP) is 3.92. The molecule has 3 aromatic rings. The average molecular weight is 322 g/mol. The van der Waals surface area contributed by atoms with E-state index in [1.165, 1.54) is 36.5 Å². The fraction of sp³-hybridized carbons (Fsp3) is 0.0556. The molecule has 0 saturated heterocycles. The summed E-state index contributed by atoms with van der Waals surface area (Å²) < 4.78 is 12.9. The van der Waals surface area contributed by atoms with E-state index >= 15 is 0 Å². The molecule has 3 rings (SSSR count). The Hall–Kier alpha value is -3.28. The highest BCUT2D eigenvalue weighted by molar-refractivity contribution is 6.02. The summed E-state index contributed by atoms with van der Waals surface area (Å²) in [5.41, 5.74) is 2.68. The molecular formula is C18H15FN4O. The minimum Gasteiger partial charge on any atom is -0.324 e. The second-order valence-corrected chi connectivity index (χ2v) is 5.22. The number of nitrogens with one attached hydrogen (secondary N) is 2. The van der Waals surface area contributed by atoms with Gasteiger partial charge in [-0.2, -0.15) is 0 Å². The standard InChI is InChI=1S/C18H15FN4O/c1-12-2-6-15(7-3-12)22-18-20-11-10-16(23-18)17(24)21-14-8-4-13(19)5-9-14/h2-11H,1H3,(H,21,24)(H,20,22,23). The van der Waals surface area contributed by atoms with Crippen molar-refractivity contribution >= 4 is 23.2 Å². The number of hydrogen-bond acceptors (Lipinski definition) is 4. The van der Waals surface area contributed by atoms with E-state index in [1.54, 1.807) is 0 Å². The zero-order valence-electron chi connectivity index (χ0n) is 13.0. The molecule has 2 N–H and O–H groups in total. The minimum absolute atomic E-state index is 0.212. The number of halogens is 1. The highest BCUT2D eigenvalue weighted by atomic mass is 19.1. The fourth-order valence-electron chi connectivity index (χ4n) is 2.04. The lowest BCUT2D eigenvalue weighted by atomic mass is 10.2. The zero-order valence-corrected chi connectivity index (χ0v) is 13.0. The van der Waals surface area contributed by atoms with Crippen LogP contribution >= 0.6 is 0 Å². The van der Waals surface area contributed by atoms with Crippen LogP contribution in [0.3, 0.4) is 0 Å². The Morgan fingerprint density at radius 2 is 1.62 bits per heavy atom. The van der Waals surface area contributed by atoms with E-state index in [0.29, 0.717) is 11.6 Å². The van der Waals surface area contributed by atoms with Crippen LogP contribution in [0.4, 0.5) is 21.7 Å². The van der Waals surface area contributed by atoms with Crippen LogP contribution in [-0.4, -0.2) is 15.9 Å². The molecule has 0 aliphatic carbocycles. The molecule has 0 saturated carbocycles. The second-order valence-electron chi connectivity index (χ2n) is 5.22. The minimum atomic E-state index is -0.393. The van der Waals surface area contributed by atoms with E-state index in [1.807, 2.05) is 31.2 Å². The maximum absolute atomic E-state index is 12.9. The number of anilines is 3. The predicted molar refractivity (Wildman–Crippen MR) is 90.8 cm³/mol. The molecule has 1 aromatic heterocycles. The molecule has 1 amide bonds. The fourth-order valence-corrected chi connectivity index (χ4v) is 2.04. The Morgan fingerprint density at radius 1 is 0.958 bits per heavy atom. The number of benzene rings is 2. The average Bonchev–Trinajstić information content (AvgIpc) is 2.59. The molecule has 0 radical (unpaired) electrons. The maximum Gasteiger partial charge on any atom is 0.274 e. The highest BCUT2D eigenvalue weighted by Gasteiger charge is 2.09. The third kappa shape index (κ3) is 3.92. The van der Waals surface area contributed by atoms with Crippen LogP contribution in [0.15, 0.2) is 60.8 Å². The van der Waals surface area contributed by atoms with E-state index in [9.17, 15) is 9.18 Å². The van der Waals surface area contributed by atoms with Gasteiger partial charge in [0.2, 0.25) is 5.95 Å². The van der Waals surface area contributed by atoms with Crippen molar-refractivity contribution in [2.45, 2.75) is 6.92 Å². The second kappa shape index (κ2) is 6.87.